The van der Waals surface area contributed by atoms with Gasteiger partial charge >= 0.3 is 5.97 Å². The molecule has 116 valence electrons. The minimum absolute atomic E-state index is 0.0489. The Bertz CT molecular complexity index is 321. The molecule has 5 heteroatoms. The van der Waals surface area contributed by atoms with Crippen LogP contribution < -0.4 is 0 Å². The van der Waals surface area contributed by atoms with Gasteiger partial charge in [0.1, 0.15) is 0 Å². The van der Waals surface area contributed by atoms with Crippen molar-refractivity contribution in [3.8, 4) is 0 Å². The predicted octanol–water partition coefficient (Wildman–Crippen LogP) is 2.25. The average Bonchev–Trinajstić information content (AvgIpc) is 2.84. The zero-order chi connectivity index (χ0) is 14.5. The molecule has 0 aromatic rings. The fourth-order valence-corrected chi connectivity index (χ4v) is 3.25. The van der Waals surface area contributed by atoms with E-state index in [2.05, 4.69) is 18.7 Å². The van der Waals surface area contributed by atoms with E-state index >= 15 is 0 Å². The molecule has 2 fully saturated rings. The minimum Gasteiger partial charge on any atom is -0.481 e. The quantitative estimate of drug-likeness (QED) is 0.811. The number of likely N-dealkylation sites (tertiary alicyclic amines) is 1. The molecule has 3 unspecified atom stereocenters. The Morgan fingerprint density at radius 1 is 1.40 bits per heavy atom. The van der Waals surface area contributed by atoms with Crippen molar-refractivity contribution in [2.45, 2.75) is 76.9 Å². The first-order valence-electron chi connectivity index (χ1n) is 7.81. The summed E-state index contributed by atoms with van der Waals surface area (Å²) >= 11 is 0. The Hall–Kier alpha value is -0.650. The second kappa shape index (κ2) is 7.38. The van der Waals surface area contributed by atoms with E-state index in [0.717, 1.165) is 13.0 Å². The van der Waals surface area contributed by atoms with E-state index in [1.54, 1.807) is 0 Å². The third kappa shape index (κ3) is 4.43. The third-order valence-corrected chi connectivity index (χ3v) is 4.29. The summed E-state index contributed by atoms with van der Waals surface area (Å²) < 4.78 is 11.5. The number of aliphatic carboxylic acids is 1. The first-order chi connectivity index (χ1) is 9.56. The highest BCUT2D eigenvalue weighted by Gasteiger charge is 2.32. The van der Waals surface area contributed by atoms with E-state index in [1.165, 1.54) is 19.3 Å². The van der Waals surface area contributed by atoms with Gasteiger partial charge in [0.05, 0.1) is 12.7 Å². The lowest BCUT2D eigenvalue weighted by molar-refractivity contribution is -0.138. The van der Waals surface area contributed by atoms with Gasteiger partial charge in [0.2, 0.25) is 0 Å². The molecule has 0 aliphatic carbocycles. The maximum Gasteiger partial charge on any atom is 0.303 e. The highest BCUT2D eigenvalue weighted by Crippen LogP contribution is 2.27. The number of hydrogen-bond donors (Lipinski definition) is 1. The van der Waals surface area contributed by atoms with Gasteiger partial charge < -0.3 is 14.6 Å². The molecule has 0 aromatic carbocycles. The molecule has 2 aliphatic heterocycles. The molecule has 2 rings (SSSR count). The number of carboxylic acid groups (broad SMARTS) is 1. The van der Waals surface area contributed by atoms with Crippen LogP contribution >= 0.6 is 0 Å². The summed E-state index contributed by atoms with van der Waals surface area (Å²) in [6.45, 7) is 6.18. The van der Waals surface area contributed by atoms with Crippen LogP contribution in [-0.2, 0) is 14.3 Å². The van der Waals surface area contributed by atoms with Crippen LogP contribution in [0.25, 0.3) is 0 Å². The highest BCUT2D eigenvalue weighted by atomic mass is 16.7. The number of nitrogens with zero attached hydrogens (tertiary/aromatic N) is 1. The number of carbonyl (C=O) groups is 1. The first-order valence-corrected chi connectivity index (χ1v) is 7.81. The summed E-state index contributed by atoms with van der Waals surface area (Å²) in [5, 5.41) is 8.69. The lowest BCUT2D eigenvalue weighted by Gasteiger charge is -2.39. The molecule has 3 atom stereocenters. The summed E-state index contributed by atoms with van der Waals surface area (Å²) in [4.78, 5) is 13.1. The van der Waals surface area contributed by atoms with Crippen LogP contribution in [0, 0.1) is 0 Å². The van der Waals surface area contributed by atoms with Gasteiger partial charge in [-0.2, -0.15) is 0 Å². The Morgan fingerprint density at radius 2 is 2.20 bits per heavy atom. The van der Waals surface area contributed by atoms with Crippen LogP contribution in [0.2, 0.25) is 0 Å². The summed E-state index contributed by atoms with van der Waals surface area (Å²) in [7, 11) is 0. The van der Waals surface area contributed by atoms with E-state index < -0.39 is 5.97 Å². The van der Waals surface area contributed by atoms with E-state index in [1.807, 2.05) is 0 Å². The van der Waals surface area contributed by atoms with Crippen LogP contribution in [-0.4, -0.2) is 53.6 Å². The van der Waals surface area contributed by atoms with Gasteiger partial charge in [-0.3, -0.25) is 9.69 Å². The normalized spacial score (nSPS) is 31.9. The lowest BCUT2D eigenvalue weighted by atomic mass is 9.97. The molecule has 5 nitrogen and oxygen atoms in total. The van der Waals surface area contributed by atoms with Crippen LogP contribution in [0.4, 0.5) is 0 Å². The van der Waals surface area contributed by atoms with Crippen LogP contribution in [0.15, 0.2) is 0 Å². The molecule has 0 radical (unpaired) electrons. The van der Waals surface area contributed by atoms with Crippen molar-refractivity contribution in [2.24, 2.45) is 0 Å². The van der Waals surface area contributed by atoms with Crippen LogP contribution in [0.5, 0.6) is 0 Å². The largest absolute Gasteiger partial charge is 0.481 e. The molecule has 0 saturated carbocycles. The van der Waals surface area contributed by atoms with Gasteiger partial charge in [-0.05, 0) is 39.7 Å². The second-order valence-electron chi connectivity index (χ2n) is 6.17. The van der Waals surface area contributed by atoms with Gasteiger partial charge in [-0.15, -0.1) is 0 Å². The number of ether oxygens (including phenoxy) is 2. The van der Waals surface area contributed by atoms with Gasteiger partial charge in [0, 0.05) is 24.9 Å². The van der Waals surface area contributed by atoms with Gasteiger partial charge in [-0.25, -0.2) is 0 Å². The van der Waals surface area contributed by atoms with Crippen LogP contribution in [0.3, 0.4) is 0 Å². The zero-order valence-corrected chi connectivity index (χ0v) is 12.6. The molecule has 20 heavy (non-hydrogen) atoms. The Morgan fingerprint density at radius 3 is 2.90 bits per heavy atom. The molecule has 2 saturated heterocycles. The Labute approximate surface area is 121 Å². The monoisotopic (exact) mass is 285 g/mol. The maximum absolute atomic E-state index is 10.6. The second-order valence-corrected chi connectivity index (χ2v) is 6.17. The van der Waals surface area contributed by atoms with Gasteiger partial charge in [0.25, 0.3) is 0 Å². The fraction of sp³-hybridized carbons (Fsp3) is 0.933. The maximum atomic E-state index is 10.6. The van der Waals surface area contributed by atoms with Crippen molar-refractivity contribution < 1.29 is 19.4 Å². The van der Waals surface area contributed by atoms with Crippen molar-refractivity contribution in [1.29, 1.82) is 0 Å². The average molecular weight is 285 g/mol. The molecule has 0 spiro atoms. The Balaban J connectivity index is 1.77. The van der Waals surface area contributed by atoms with Crippen molar-refractivity contribution in [2.75, 3.05) is 13.2 Å². The van der Waals surface area contributed by atoms with E-state index in [0.29, 0.717) is 25.1 Å². The number of hydrogen-bond acceptors (Lipinski definition) is 4. The van der Waals surface area contributed by atoms with Crippen molar-refractivity contribution in [1.82, 2.24) is 4.90 Å². The molecule has 0 amide bonds. The summed E-state index contributed by atoms with van der Waals surface area (Å²) in [5.41, 5.74) is 0. The topological polar surface area (TPSA) is 59.0 Å². The Kier molecular flexibility index (Phi) is 5.81. The predicted molar refractivity (Wildman–Crippen MR) is 75.6 cm³/mol. The summed E-state index contributed by atoms with van der Waals surface area (Å²) in [5.74, 6) is -0.768. The minimum atomic E-state index is -0.768. The molecular weight excluding hydrogens is 258 g/mol. The molecule has 0 aromatic heterocycles. The number of carboxylic acids is 1. The smallest absolute Gasteiger partial charge is 0.303 e. The standard InChI is InChI=1S/C15H27NO4/c1-11(2)16-8-4-3-5-12(16)9-15-19-10-13(20-15)6-7-14(17)18/h11-13,15H,3-10H2,1-2H3,(H,17,18). The molecular formula is C15H27NO4. The van der Waals surface area contributed by atoms with Crippen LogP contribution in [0.1, 0.15) is 52.4 Å². The number of piperidine rings is 1. The third-order valence-electron chi connectivity index (χ3n) is 4.29. The SMILES string of the molecule is CC(C)N1CCCCC1CC1OCC(CCC(=O)O)O1. The van der Waals surface area contributed by atoms with Gasteiger partial charge in [-0.1, -0.05) is 6.42 Å². The van der Waals surface area contributed by atoms with E-state index in [9.17, 15) is 4.79 Å². The zero-order valence-electron chi connectivity index (χ0n) is 12.6. The van der Waals surface area contributed by atoms with Crippen molar-refractivity contribution >= 4 is 5.97 Å². The molecule has 2 aliphatic rings. The number of rotatable bonds is 6. The fourth-order valence-electron chi connectivity index (χ4n) is 3.25. The van der Waals surface area contributed by atoms with Crippen molar-refractivity contribution in [3.05, 3.63) is 0 Å². The first kappa shape index (κ1) is 15.7. The van der Waals surface area contributed by atoms with E-state index in [4.69, 9.17) is 14.6 Å². The summed E-state index contributed by atoms with van der Waals surface area (Å²) in [6, 6.07) is 1.09. The van der Waals surface area contributed by atoms with Crippen molar-refractivity contribution in [3.63, 3.8) is 0 Å². The highest BCUT2D eigenvalue weighted by molar-refractivity contribution is 5.66. The molecule has 0 bridgehead atoms. The summed E-state index contributed by atoms with van der Waals surface area (Å²) in [6.07, 6.45) is 5.17. The molecule has 2 heterocycles. The molecule has 1 N–H and O–H groups in total. The van der Waals surface area contributed by atoms with E-state index in [-0.39, 0.29) is 18.8 Å². The lowest BCUT2D eigenvalue weighted by Crippen LogP contribution is -2.45. The van der Waals surface area contributed by atoms with Gasteiger partial charge in [0.15, 0.2) is 6.29 Å².